The number of carbonyl (C=O) groups excluding carboxylic acids is 1. The molecule has 1 saturated carbocycles. The molecule has 0 aromatic carbocycles. The molecule has 0 amide bonds. The van der Waals surface area contributed by atoms with Crippen LogP contribution in [0.1, 0.15) is 30.8 Å². The van der Waals surface area contributed by atoms with Crippen LogP contribution >= 0.6 is 0 Å². The van der Waals surface area contributed by atoms with Crippen molar-refractivity contribution in [1.82, 2.24) is 0 Å². The summed E-state index contributed by atoms with van der Waals surface area (Å²) in [6.07, 6.45) is 4.70. The van der Waals surface area contributed by atoms with Gasteiger partial charge in [0.2, 0.25) is 0 Å². The second-order valence-corrected chi connectivity index (χ2v) is 5.39. The van der Waals surface area contributed by atoms with E-state index in [1.165, 1.54) is 36.4 Å². The summed E-state index contributed by atoms with van der Waals surface area (Å²) >= 11 is 0. The average molecular weight is 344 g/mol. The predicted molar refractivity (Wildman–Crippen MR) is 85.5 cm³/mol. The molecule has 25 heavy (non-hydrogen) atoms. The fourth-order valence-corrected chi connectivity index (χ4v) is 2.56. The lowest BCUT2D eigenvalue weighted by molar-refractivity contribution is -0.402. The molecular formula is C16H12N2O7. The number of hydrogen-bond donors (Lipinski definition) is 0. The molecule has 1 fully saturated rings. The Morgan fingerprint density at radius 3 is 1.64 bits per heavy atom. The monoisotopic (exact) mass is 344 g/mol. The molecule has 0 saturated heterocycles. The summed E-state index contributed by atoms with van der Waals surface area (Å²) in [5.74, 6) is -0.568. The van der Waals surface area contributed by atoms with Crippen molar-refractivity contribution in [3.8, 4) is 0 Å². The van der Waals surface area contributed by atoms with Gasteiger partial charge in [-0.15, -0.1) is 0 Å². The van der Waals surface area contributed by atoms with Gasteiger partial charge in [-0.05, 0) is 43.5 Å². The Labute approximate surface area is 140 Å². The molecule has 1 aliphatic carbocycles. The van der Waals surface area contributed by atoms with Gasteiger partial charge in [0.1, 0.15) is 21.4 Å². The third-order valence-corrected chi connectivity index (χ3v) is 3.69. The average Bonchev–Trinajstić information content (AvgIpc) is 3.20. The summed E-state index contributed by atoms with van der Waals surface area (Å²) in [5, 5.41) is 21.3. The Balaban J connectivity index is 1.84. The van der Waals surface area contributed by atoms with Crippen molar-refractivity contribution in [2.75, 3.05) is 0 Å². The summed E-state index contributed by atoms with van der Waals surface area (Å²) in [5.41, 5.74) is 0.922. The van der Waals surface area contributed by atoms with E-state index in [-0.39, 0.29) is 17.3 Å². The molecule has 0 aliphatic heterocycles. The Hall–Kier alpha value is -3.49. The third-order valence-electron chi connectivity index (χ3n) is 3.69. The first-order valence-electron chi connectivity index (χ1n) is 7.38. The van der Waals surface area contributed by atoms with Gasteiger partial charge in [-0.3, -0.25) is 25.0 Å². The summed E-state index contributed by atoms with van der Waals surface area (Å²) < 4.78 is 10.1. The number of allylic oxidation sites excluding steroid dienone is 2. The van der Waals surface area contributed by atoms with Crippen LogP contribution in [0.4, 0.5) is 11.8 Å². The molecule has 0 bridgehead atoms. The van der Waals surface area contributed by atoms with Crippen LogP contribution in [0.15, 0.2) is 44.2 Å². The highest BCUT2D eigenvalue weighted by Gasteiger charge is 2.22. The Morgan fingerprint density at radius 2 is 1.28 bits per heavy atom. The molecule has 9 nitrogen and oxygen atoms in total. The molecule has 2 aromatic rings. The van der Waals surface area contributed by atoms with Gasteiger partial charge in [-0.25, -0.2) is 0 Å². The van der Waals surface area contributed by atoms with Gasteiger partial charge >= 0.3 is 11.8 Å². The van der Waals surface area contributed by atoms with Crippen molar-refractivity contribution in [3.63, 3.8) is 0 Å². The maximum Gasteiger partial charge on any atom is 0.433 e. The van der Waals surface area contributed by atoms with Crippen LogP contribution in [0, 0.1) is 20.2 Å². The summed E-state index contributed by atoms with van der Waals surface area (Å²) in [6.45, 7) is 0. The van der Waals surface area contributed by atoms with Crippen molar-refractivity contribution in [1.29, 1.82) is 0 Å². The highest BCUT2D eigenvalue weighted by molar-refractivity contribution is 6.13. The lowest BCUT2D eigenvalue weighted by atomic mass is 9.88. The first-order chi connectivity index (χ1) is 11.9. The molecule has 2 heterocycles. The van der Waals surface area contributed by atoms with Gasteiger partial charge < -0.3 is 8.83 Å². The Kier molecular flexibility index (Phi) is 4.29. The maximum absolute atomic E-state index is 12.5. The van der Waals surface area contributed by atoms with E-state index in [0.717, 1.165) is 0 Å². The highest BCUT2D eigenvalue weighted by Crippen LogP contribution is 2.30. The number of Topliss-reactive ketones (excluding diaryl/α,β-unsaturated/α-hetero) is 1. The van der Waals surface area contributed by atoms with E-state index < -0.39 is 21.6 Å². The number of hydrogen-bond acceptors (Lipinski definition) is 7. The molecule has 128 valence electrons. The number of furan rings is 2. The second kappa shape index (κ2) is 6.56. The first kappa shape index (κ1) is 16.4. The van der Waals surface area contributed by atoms with Gasteiger partial charge in [0.25, 0.3) is 0 Å². The number of ketones is 1. The van der Waals surface area contributed by atoms with E-state index in [1.54, 1.807) is 0 Å². The quantitative estimate of drug-likeness (QED) is 0.467. The van der Waals surface area contributed by atoms with E-state index >= 15 is 0 Å². The van der Waals surface area contributed by atoms with Gasteiger partial charge in [0.15, 0.2) is 5.78 Å². The van der Waals surface area contributed by atoms with Gasteiger partial charge in [-0.2, -0.15) is 0 Å². The molecule has 0 radical (unpaired) electrons. The van der Waals surface area contributed by atoms with Crippen molar-refractivity contribution < 1.29 is 23.5 Å². The van der Waals surface area contributed by atoms with Crippen LogP contribution in [0.2, 0.25) is 0 Å². The van der Waals surface area contributed by atoms with Crippen molar-refractivity contribution >= 4 is 29.7 Å². The van der Waals surface area contributed by atoms with Crippen LogP contribution in [-0.2, 0) is 4.79 Å². The fraction of sp³-hybridized carbons (Fsp3) is 0.188. The second-order valence-electron chi connectivity index (χ2n) is 5.39. The number of rotatable bonds is 4. The molecule has 0 atom stereocenters. The van der Waals surface area contributed by atoms with Crippen molar-refractivity contribution in [3.05, 3.63) is 67.2 Å². The smallest absolute Gasteiger partial charge is 0.401 e. The van der Waals surface area contributed by atoms with Gasteiger partial charge in [0.05, 0.1) is 12.1 Å². The van der Waals surface area contributed by atoms with Crippen molar-refractivity contribution in [2.24, 2.45) is 0 Å². The SMILES string of the molecule is O=C1/C(=C/c2ccc([N+](=O)[O-])o2)CCC/C1=C\c1ccc([N+](=O)[O-])o1. The maximum atomic E-state index is 12.5. The minimum absolute atomic E-state index is 0.227. The molecule has 3 rings (SSSR count). The number of nitro groups is 2. The molecule has 2 aromatic heterocycles. The van der Waals surface area contributed by atoms with E-state index in [1.807, 2.05) is 0 Å². The molecular weight excluding hydrogens is 332 g/mol. The summed E-state index contributed by atoms with van der Waals surface area (Å²) in [6, 6.07) is 5.29. The van der Waals surface area contributed by atoms with Crippen LogP contribution < -0.4 is 0 Å². The van der Waals surface area contributed by atoms with Crippen LogP contribution in [0.3, 0.4) is 0 Å². The Bertz CT molecular complexity index is 844. The lowest BCUT2D eigenvalue weighted by Crippen LogP contribution is -2.12. The lowest BCUT2D eigenvalue weighted by Gasteiger charge is -2.15. The largest absolute Gasteiger partial charge is 0.433 e. The molecule has 1 aliphatic rings. The molecule has 0 unspecified atom stereocenters. The Morgan fingerprint density at radius 1 is 0.840 bits per heavy atom. The topological polar surface area (TPSA) is 130 Å². The zero-order chi connectivity index (χ0) is 18.0. The predicted octanol–water partition coefficient (Wildman–Crippen LogP) is 3.91. The summed E-state index contributed by atoms with van der Waals surface area (Å²) in [4.78, 5) is 32.5. The summed E-state index contributed by atoms with van der Waals surface area (Å²) in [7, 11) is 0. The normalized spacial score (nSPS) is 18.0. The zero-order valence-corrected chi connectivity index (χ0v) is 12.8. The van der Waals surface area contributed by atoms with Gasteiger partial charge in [-0.1, -0.05) is 0 Å². The van der Waals surface area contributed by atoms with E-state index in [4.69, 9.17) is 8.83 Å². The fourth-order valence-electron chi connectivity index (χ4n) is 2.56. The minimum atomic E-state index is -0.653. The third kappa shape index (κ3) is 3.55. The van der Waals surface area contributed by atoms with Crippen LogP contribution in [0.25, 0.3) is 12.2 Å². The van der Waals surface area contributed by atoms with Gasteiger partial charge in [0, 0.05) is 11.1 Å². The zero-order valence-electron chi connectivity index (χ0n) is 12.8. The molecule has 9 heteroatoms. The first-order valence-corrected chi connectivity index (χ1v) is 7.38. The number of carbonyl (C=O) groups is 1. The number of nitrogens with zero attached hydrogens (tertiary/aromatic N) is 2. The van der Waals surface area contributed by atoms with Crippen molar-refractivity contribution in [2.45, 2.75) is 19.3 Å². The van der Waals surface area contributed by atoms with E-state index in [2.05, 4.69) is 0 Å². The molecule has 0 spiro atoms. The van der Waals surface area contributed by atoms with Crippen LogP contribution in [-0.4, -0.2) is 15.6 Å². The minimum Gasteiger partial charge on any atom is -0.401 e. The van der Waals surface area contributed by atoms with E-state index in [0.29, 0.717) is 30.4 Å². The van der Waals surface area contributed by atoms with E-state index in [9.17, 15) is 25.0 Å². The standard InChI is InChI=1S/C16H12N2O7/c19-16-10(8-12-4-6-14(24-12)17(20)21)2-1-3-11(16)9-13-5-7-15(25-13)18(22)23/h4-9H,1-3H2/b10-8+,11-9+. The highest BCUT2D eigenvalue weighted by atomic mass is 16.7. The molecule has 0 N–H and O–H groups in total. The van der Waals surface area contributed by atoms with Crippen LogP contribution in [0.5, 0.6) is 0 Å².